The Morgan fingerprint density at radius 1 is 1.04 bits per heavy atom. The van der Waals surface area contributed by atoms with Crippen molar-refractivity contribution >= 4 is 16.9 Å². The average molecular weight is 351 g/mol. The van der Waals surface area contributed by atoms with E-state index in [1.165, 1.54) is 12.8 Å². The summed E-state index contributed by atoms with van der Waals surface area (Å²) < 4.78 is 15.4. The third-order valence-electron chi connectivity index (χ3n) is 3.14. The fraction of sp³-hybridized carbons (Fsp3) is 0.550. The minimum atomic E-state index is -0.347. The van der Waals surface area contributed by atoms with E-state index in [0.29, 0.717) is 25.5 Å². The maximum Gasteiger partial charge on any atom is 0.354 e. The molecule has 0 aliphatic carbocycles. The van der Waals surface area contributed by atoms with E-state index >= 15 is 0 Å². The number of hydrogen-bond donors (Lipinski definition) is 1. The van der Waals surface area contributed by atoms with Gasteiger partial charge in [-0.3, -0.25) is 0 Å². The molecule has 0 fully saturated rings. The second kappa shape index (κ2) is 14.3. The number of nitrogens with one attached hydrogen (secondary N) is 1. The van der Waals surface area contributed by atoms with Crippen LogP contribution in [0.1, 0.15) is 57.9 Å². The van der Waals surface area contributed by atoms with E-state index in [2.05, 4.69) is 18.8 Å². The van der Waals surface area contributed by atoms with Crippen LogP contribution in [-0.4, -0.2) is 37.9 Å². The average Bonchev–Trinajstić information content (AvgIpc) is 3.07. The SMILES string of the molecule is CC.CCCC.CCOC(=O)c1cc2cc(OCCOC)ccc2[nH]1. The Balaban J connectivity index is 0.000000845. The standard InChI is InChI=1S/C14H17NO4.C4H10.C2H6/c1-3-18-14(16)13-9-10-8-11(19-7-6-17-2)4-5-12(10)15-13;1-3-4-2;1-2/h4-5,8-9,15H,3,6-7H2,1-2H3;3-4H2,1-2H3;1-2H3. The summed E-state index contributed by atoms with van der Waals surface area (Å²) in [5, 5.41) is 0.915. The molecule has 0 radical (unpaired) electrons. The fourth-order valence-electron chi connectivity index (χ4n) is 1.76. The van der Waals surface area contributed by atoms with Gasteiger partial charge in [-0.05, 0) is 31.2 Å². The second-order valence-corrected chi connectivity index (χ2v) is 4.99. The normalized spacial score (nSPS) is 9.52. The highest BCUT2D eigenvalue weighted by Crippen LogP contribution is 2.22. The van der Waals surface area contributed by atoms with Gasteiger partial charge in [-0.25, -0.2) is 4.79 Å². The summed E-state index contributed by atoms with van der Waals surface area (Å²) in [6.07, 6.45) is 2.64. The summed E-state index contributed by atoms with van der Waals surface area (Å²) >= 11 is 0. The number of carbonyl (C=O) groups excluding carboxylic acids is 1. The maximum atomic E-state index is 11.6. The van der Waals surface area contributed by atoms with Gasteiger partial charge >= 0.3 is 5.97 Å². The molecule has 1 heterocycles. The van der Waals surface area contributed by atoms with E-state index < -0.39 is 0 Å². The molecule has 1 aromatic carbocycles. The molecule has 0 atom stereocenters. The van der Waals surface area contributed by atoms with Crippen LogP contribution in [0.2, 0.25) is 0 Å². The van der Waals surface area contributed by atoms with Crippen LogP contribution in [0, 0.1) is 0 Å². The summed E-state index contributed by atoms with van der Waals surface area (Å²) in [7, 11) is 1.63. The van der Waals surface area contributed by atoms with Gasteiger partial charge in [-0.15, -0.1) is 0 Å². The Morgan fingerprint density at radius 2 is 1.72 bits per heavy atom. The zero-order chi connectivity index (χ0) is 19.1. The lowest BCUT2D eigenvalue weighted by Crippen LogP contribution is -2.04. The van der Waals surface area contributed by atoms with Crippen molar-refractivity contribution in [1.29, 1.82) is 0 Å². The predicted molar refractivity (Wildman–Crippen MR) is 104 cm³/mol. The maximum absolute atomic E-state index is 11.6. The van der Waals surface area contributed by atoms with Gasteiger partial charge in [-0.1, -0.05) is 40.5 Å². The first kappa shape index (κ1) is 23.0. The molecule has 0 aliphatic heterocycles. The Hall–Kier alpha value is -2.01. The Kier molecular flexibility index (Phi) is 13.2. The number of benzene rings is 1. The van der Waals surface area contributed by atoms with Crippen molar-refractivity contribution in [3.8, 4) is 5.75 Å². The van der Waals surface area contributed by atoms with Gasteiger partial charge in [-0.2, -0.15) is 0 Å². The van der Waals surface area contributed by atoms with Crippen LogP contribution >= 0.6 is 0 Å². The molecule has 0 unspecified atom stereocenters. The number of ether oxygens (including phenoxy) is 3. The number of rotatable bonds is 7. The molecular weight excluding hydrogens is 318 g/mol. The molecule has 0 bridgehead atoms. The number of H-pyrrole nitrogens is 1. The summed E-state index contributed by atoms with van der Waals surface area (Å²) in [5.41, 5.74) is 1.33. The van der Waals surface area contributed by atoms with Crippen molar-refractivity contribution in [2.45, 2.75) is 47.5 Å². The molecule has 5 nitrogen and oxygen atoms in total. The molecule has 0 spiro atoms. The summed E-state index contributed by atoms with van der Waals surface area (Å²) in [4.78, 5) is 14.6. The van der Waals surface area contributed by atoms with Crippen LogP contribution in [0.25, 0.3) is 10.9 Å². The predicted octanol–water partition coefficient (Wildman–Crippen LogP) is 5.20. The van der Waals surface area contributed by atoms with E-state index in [9.17, 15) is 4.79 Å². The number of aromatic nitrogens is 1. The molecule has 25 heavy (non-hydrogen) atoms. The number of hydrogen-bond acceptors (Lipinski definition) is 4. The molecule has 5 heteroatoms. The van der Waals surface area contributed by atoms with Crippen molar-refractivity contribution < 1.29 is 19.0 Å². The van der Waals surface area contributed by atoms with Crippen molar-refractivity contribution in [3.63, 3.8) is 0 Å². The Labute approximate surface area is 151 Å². The fourth-order valence-corrected chi connectivity index (χ4v) is 1.76. The highest BCUT2D eigenvalue weighted by molar-refractivity contribution is 5.95. The van der Waals surface area contributed by atoms with Crippen molar-refractivity contribution in [2.75, 3.05) is 26.9 Å². The summed E-state index contributed by atoms with van der Waals surface area (Å²) in [6.45, 7) is 11.5. The highest BCUT2D eigenvalue weighted by Gasteiger charge is 2.10. The molecule has 0 saturated carbocycles. The first-order valence-corrected chi connectivity index (χ1v) is 9.07. The van der Waals surface area contributed by atoms with Crippen LogP contribution in [-0.2, 0) is 9.47 Å². The third kappa shape index (κ3) is 8.59. The molecule has 2 rings (SSSR count). The van der Waals surface area contributed by atoms with E-state index in [-0.39, 0.29) is 5.97 Å². The number of fused-ring (bicyclic) bond motifs is 1. The number of aromatic amines is 1. The third-order valence-corrected chi connectivity index (χ3v) is 3.14. The van der Waals surface area contributed by atoms with Gasteiger partial charge in [0.1, 0.15) is 18.1 Å². The van der Waals surface area contributed by atoms with Gasteiger partial charge < -0.3 is 19.2 Å². The second-order valence-electron chi connectivity index (χ2n) is 4.99. The zero-order valence-electron chi connectivity index (χ0n) is 16.5. The zero-order valence-corrected chi connectivity index (χ0v) is 16.5. The molecule has 0 amide bonds. The summed E-state index contributed by atoms with van der Waals surface area (Å²) in [5.74, 6) is 0.402. The Bertz CT molecular complexity index is 590. The van der Waals surface area contributed by atoms with Crippen LogP contribution in [0.4, 0.5) is 0 Å². The van der Waals surface area contributed by atoms with E-state index in [4.69, 9.17) is 14.2 Å². The molecule has 0 saturated heterocycles. The molecule has 2 aromatic rings. The van der Waals surface area contributed by atoms with E-state index in [0.717, 1.165) is 16.7 Å². The quantitative estimate of drug-likeness (QED) is 0.550. The van der Waals surface area contributed by atoms with E-state index in [1.807, 2.05) is 32.0 Å². The lowest BCUT2D eigenvalue weighted by atomic mass is 10.2. The molecule has 0 aliphatic rings. The lowest BCUT2D eigenvalue weighted by Gasteiger charge is -2.04. The van der Waals surface area contributed by atoms with Crippen LogP contribution < -0.4 is 4.74 Å². The summed E-state index contributed by atoms with van der Waals surface area (Å²) in [6, 6.07) is 7.37. The first-order chi connectivity index (χ1) is 12.2. The van der Waals surface area contributed by atoms with Gasteiger partial charge in [0.25, 0.3) is 0 Å². The molecular formula is C20H33NO4. The number of carbonyl (C=O) groups is 1. The van der Waals surface area contributed by atoms with Gasteiger partial charge in [0.15, 0.2) is 0 Å². The molecule has 1 N–H and O–H groups in total. The number of esters is 1. The minimum absolute atomic E-state index is 0.347. The van der Waals surface area contributed by atoms with Crippen LogP contribution in [0.15, 0.2) is 24.3 Å². The largest absolute Gasteiger partial charge is 0.491 e. The smallest absolute Gasteiger partial charge is 0.354 e. The van der Waals surface area contributed by atoms with Crippen LogP contribution in [0.3, 0.4) is 0 Å². The minimum Gasteiger partial charge on any atom is -0.491 e. The lowest BCUT2D eigenvalue weighted by molar-refractivity contribution is 0.0520. The highest BCUT2D eigenvalue weighted by atomic mass is 16.5. The number of unbranched alkanes of at least 4 members (excludes halogenated alkanes) is 1. The molecule has 142 valence electrons. The van der Waals surface area contributed by atoms with Crippen molar-refractivity contribution in [1.82, 2.24) is 4.98 Å². The van der Waals surface area contributed by atoms with Crippen molar-refractivity contribution in [2.24, 2.45) is 0 Å². The van der Waals surface area contributed by atoms with Gasteiger partial charge in [0.2, 0.25) is 0 Å². The van der Waals surface area contributed by atoms with Gasteiger partial charge in [0.05, 0.1) is 13.2 Å². The van der Waals surface area contributed by atoms with Crippen LogP contribution in [0.5, 0.6) is 5.75 Å². The monoisotopic (exact) mass is 351 g/mol. The van der Waals surface area contributed by atoms with E-state index in [1.54, 1.807) is 20.1 Å². The first-order valence-electron chi connectivity index (χ1n) is 9.07. The Morgan fingerprint density at radius 3 is 2.28 bits per heavy atom. The topological polar surface area (TPSA) is 60.6 Å². The van der Waals surface area contributed by atoms with Crippen molar-refractivity contribution in [3.05, 3.63) is 30.0 Å². The van der Waals surface area contributed by atoms with Gasteiger partial charge in [0, 0.05) is 18.0 Å². The number of methoxy groups -OCH3 is 1. The molecule has 1 aromatic heterocycles.